The van der Waals surface area contributed by atoms with Crippen LogP contribution in [0.4, 0.5) is 17.2 Å². The second-order valence-corrected chi connectivity index (χ2v) is 7.33. The van der Waals surface area contributed by atoms with Gasteiger partial charge in [-0.1, -0.05) is 6.07 Å². The Hall–Kier alpha value is -4.40. The molecule has 0 spiro atoms. The molecule has 2 aromatic heterocycles. The van der Waals surface area contributed by atoms with Crippen molar-refractivity contribution in [2.45, 2.75) is 13.8 Å². The molecule has 2 heterocycles. The second kappa shape index (κ2) is 9.82. The number of methoxy groups -OCH3 is 1. The molecule has 2 N–H and O–H groups in total. The zero-order valence-corrected chi connectivity index (χ0v) is 18.6. The number of aromatic nitrogens is 4. The van der Waals surface area contributed by atoms with Crippen LogP contribution in [0.1, 0.15) is 11.4 Å². The summed E-state index contributed by atoms with van der Waals surface area (Å²) in [4.78, 5) is 12.2. The SMILES string of the molecule is COc1cccc(OCC(=O)Nc2ccc(Nc3ccc(-n4nc(C)cc4C)nn3)cc2)c1. The number of nitrogens with one attached hydrogen (secondary N) is 2. The molecule has 0 radical (unpaired) electrons. The number of carbonyl (C=O) groups is 1. The normalized spacial score (nSPS) is 10.5. The van der Waals surface area contributed by atoms with Gasteiger partial charge in [0.1, 0.15) is 11.5 Å². The van der Waals surface area contributed by atoms with E-state index in [9.17, 15) is 4.79 Å². The van der Waals surface area contributed by atoms with Gasteiger partial charge in [-0.3, -0.25) is 4.79 Å². The summed E-state index contributed by atoms with van der Waals surface area (Å²) in [5.41, 5.74) is 3.39. The highest BCUT2D eigenvalue weighted by atomic mass is 16.5. The second-order valence-electron chi connectivity index (χ2n) is 7.33. The number of carbonyl (C=O) groups excluding carboxylic acids is 1. The Morgan fingerprint density at radius 3 is 2.36 bits per heavy atom. The average Bonchev–Trinajstić information content (AvgIpc) is 3.17. The van der Waals surface area contributed by atoms with Gasteiger partial charge < -0.3 is 20.1 Å². The Bertz CT molecular complexity index is 1240. The molecule has 4 rings (SSSR count). The van der Waals surface area contributed by atoms with E-state index in [-0.39, 0.29) is 12.5 Å². The van der Waals surface area contributed by atoms with Crippen LogP contribution in [0, 0.1) is 13.8 Å². The third kappa shape index (κ3) is 5.65. The molecule has 0 atom stereocenters. The van der Waals surface area contributed by atoms with E-state index in [4.69, 9.17) is 9.47 Å². The van der Waals surface area contributed by atoms with Gasteiger partial charge in [0.2, 0.25) is 0 Å². The molecule has 0 saturated carbocycles. The summed E-state index contributed by atoms with van der Waals surface area (Å²) < 4.78 is 12.4. The molecule has 9 nitrogen and oxygen atoms in total. The van der Waals surface area contributed by atoms with Crippen LogP contribution in [0.3, 0.4) is 0 Å². The number of nitrogens with zero attached hydrogens (tertiary/aromatic N) is 4. The monoisotopic (exact) mass is 444 g/mol. The van der Waals surface area contributed by atoms with E-state index in [0.717, 1.165) is 17.1 Å². The number of anilines is 3. The van der Waals surface area contributed by atoms with Gasteiger partial charge in [-0.05, 0) is 68.4 Å². The van der Waals surface area contributed by atoms with E-state index in [0.29, 0.717) is 28.8 Å². The highest BCUT2D eigenvalue weighted by Crippen LogP contribution is 2.20. The van der Waals surface area contributed by atoms with Gasteiger partial charge in [0.05, 0.1) is 12.8 Å². The Labute approximate surface area is 191 Å². The molecule has 0 unspecified atom stereocenters. The predicted molar refractivity (Wildman–Crippen MR) is 125 cm³/mol. The molecule has 0 aliphatic carbocycles. The van der Waals surface area contributed by atoms with Gasteiger partial charge in [0, 0.05) is 23.1 Å². The minimum absolute atomic E-state index is 0.107. The minimum Gasteiger partial charge on any atom is -0.497 e. The molecule has 0 aliphatic heterocycles. The van der Waals surface area contributed by atoms with Crippen LogP contribution in [0.25, 0.3) is 5.82 Å². The summed E-state index contributed by atoms with van der Waals surface area (Å²) >= 11 is 0. The van der Waals surface area contributed by atoms with E-state index in [2.05, 4.69) is 25.9 Å². The maximum Gasteiger partial charge on any atom is 0.262 e. The van der Waals surface area contributed by atoms with Gasteiger partial charge in [-0.25, -0.2) is 4.68 Å². The molecule has 0 fully saturated rings. The fraction of sp³-hybridized carbons (Fsp3) is 0.167. The first-order chi connectivity index (χ1) is 16.0. The van der Waals surface area contributed by atoms with Crippen molar-refractivity contribution in [2.24, 2.45) is 0 Å². The quantitative estimate of drug-likeness (QED) is 0.423. The van der Waals surface area contributed by atoms with E-state index in [1.54, 1.807) is 42.1 Å². The van der Waals surface area contributed by atoms with Gasteiger partial charge in [0.25, 0.3) is 5.91 Å². The Morgan fingerprint density at radius 1 is 0.939 bits per heavy atom. The van der Waals surface area contributed by atoms with Crippen LogP contribution in [0.2, 0.25) is 0 Å². The van der Waals surface area contributed by atoms with Crippen molar-refractivity contribution in [3.05, 3.63) is 78.1 Å². The number of amides is 1. The average molecular weight is 444 g/mol. The molecule has 1 amide bonds. The lowest BCUT2D eigenvalue weighted by Gasteiger charge is -2.10. The minimum atomic E-state index is -0.260. The number of hydrogen-bond donors (Lipinski definition) is 2. The van der Waals surface area contributed by atoms with Crippen LogP contribution in [-0.4, -0.2) is 39.6 Å². The maximum atomic E-state index is 12.2. The molecular weight excluding hydrogens is 420 g/mol. The Kier molecular flexibility index (Phi) is 6.49. The fourth-order valence-electron chi connectivity index (χ4n) is 3.19. The third-order valence-corrected chi connectivity index (χ3v) is 4.73. The summed E-state index contributed by atoms with van der Waals surface area (Å²) in [6.07, 6.45) is 0. The third-order valence-electron chi connectivity index (χ3n) is 4.73. The highest BCUT2D eigenvalue weighted by molar-refractivity contribution is 5.92. The topological polar surface area (TPSA) is 103 Å². The number of ether oxygens (including phenoxy) is 2. The lowest BCUT2D eigenvalue weighted by atomic mass is 10.2. The largest absolute Gasteiger partial charge is 0.497 e. The van der Waals surface area contributed by atoms with Crippen LogP contribution in [0.15, 0.2) is 66.7 Å². The Balaban J connectivity index is 1.30. The lowest BCUT2D eigenvalue weighted by Crippen LogP contribution is -2.20. The molecule has 33 heavy (non-hydrogen) atoms. The van der Waals surface area contributed by atoms with Gasteiger partial charge >= 0.3 is 0 Å². The summed E-state index contributed by atoms with van der Waals surface area (Å²) in [6.45, 7) is 3.80. The first kappa shape index (κ1) is 21.8. The van der Waals surface area contributed by atoms with Crippen molar-refractivity contribution >= 4 is 23.1 Å². The first-order valence-electron chi connectivity index (χ1n) is 10.3. The highest BCUT2D eigenvalue weighted by Gasteiger charge is 2.07. The predicted octanol–water partition coefficient (Wildman–Crippen LogP) is 4.05. The van der Waals surface area contributed by atoms with Crippen LogP contribution < -0.4 is 20.1 Å². The van der Waals surface area contributed by atoms with Gasteiger partial charge in [0.15, 0.2) is 18.2 Å². The molecule has 0 bridgehead atoms. The van der Waals surface area contributed by atoms with Crippen LogP contribution in [0.5, 0.6) is 11.5 Å². The van der Waals surface area contributed by atoms with Crippen molar-refractivity contribution < 1.29 is 14.3 Å². The van der Waals surface area contributed by atoms with Gasteiger partial charge in [-0.2, -0.15) is 5.10 Å². The molecule has 168 valence electrons. The number of aryl methyl sites for hydroxylation is 2. The van der Waals surface area contributed by atoms with E-state index < -0.39 is 0 Å². The Morgan fingerprint density at radius 2 is 1.70 bits per heavy atom. The standard InChI is InChI=1S/C24H24N6O3/c1-16-13-17(2)30(29-16)23-12-11-22(27-28-23)25-18-7-9-19(10-8-18)26-24(31)15-33-21-6-4-5-20(14-21)32-3/h4-14H,15H2,1-3H3,(H,25,27)(H,26,31). The van der Waals surface area contributed by atoms with Crippen molar-refractivity contribution in [1.29, 1.82) is 0 Å². The molecular formula is C24H24N6O3. The number of benzene rings is 2. The molecule has 0 aliphatic rings. The van der Waals surface area contributed by atoms with E-state index >= 15 is 0 Å². The van der Waals surface area contributed by atoms with Crippen molar-refractivity contribution in [3.8, 4) is 17.3 Å². The van der Waals surface area contributed by atoms with E-state index in [1.807, 2.05) is 50.2 Å². The number of rotatable bonds is 8. The summed E-state index contributed by atoms with van der Waals surface area (Å²) in [7, 11) is 1.58. The summed E-state index contributed by atoms with van der Waals surface area (Å²) in [6, 6.07) is 20.1. The lowest BCUT2D eigenvalue weighted by molar-refractivity contribution is -0.118. The zero-order chi connectivity index (χ0) is 23.2. The van der Waals surface area contributed by atoms with Crippen molar-refractivity contribution in [2.75, 3.05) is 24.4 Å². The molecule has 2 aromatic carbocycles. The van der Waals surface area contributed by atoms with Crippen molar-refractivity contribution in [3.63, 3.8) is 0 Å². The molecule has 4 aromatic rings. The maximum absolute atomic E-state index is 12.2. The summed E-state index contributed by atoms with van der Waals surface area (Å²) in [5, 5.41) is 18.9. The van der Waals surface area contributed by atoms with Crippen LogP contribution >= 0.6 is 0 Å². The summed E-state index contributed by atoms with van der Waals surface area (Å²) in [5.74, 6) is 2.23. The smallest absolute Gasteiger partial charge is 0.262 e. The number of hydrogen-bond acceptors (Lipinski definition) is 7. The van der Waals surface area contributed by atoms with Gasteiger partial charge in [-0.15, -0.1) is 10.2 Å². The fourth-order valence-corrected chi connectivity index (χ4v) is 3.19. The molecule has 0 saturated heterocycles. The zero-order valence-electron chi connectivity index (χ0n) is 18.6. The van der Waals surface area contributed by atoms with Crippen LogP contribution in [-0.2, 0) is 4.79 Å². The molecule has 9 heteroatoms. The van der Waals surface area contributed by atoms with Crippen molar-refractivity contribution in [1.82, 2.24) is 20.0 Å². The first-order valence-corrected chi connectivity index (χ1v) is 10.3. The van der Waals surface area contributed by atoms with E-state index in [1.165, 1.54) is 0 Å².